The summed E-state index contributed by atoms with van der Waals surface area (Å²) in [6, 6.07) is -1.78. The summed E-state index contributed by atoms with van der Waals surface area (Å²) in [6.45, 7) is 3.58. The highest BCUT2D eigenvalue weighted by atomic mass is 32.2. The highest BCUT2D eigenvalue weighted by molar-refractivity contribution is 8.01. The number of carboxylic acids is 1. The Balaban J connectivity index is 1.30. The first-order chi connectivity index (χ1) is 16.7. The molecular formula is C23H31N5O5S2. The number of nitrogens with one attached hydrogen (secondary N) is 1. The molecule has 3 unspecified atom stereocenters. The van der Waals surface area contributed by atoms with Gasteiger partial charge >= 0.3 is 5.97 Å². The molecule has 5 rings (SSSR count). The second kappa shape index (κ2) is 9.27. The summed E-state index contributed by atoms with van der Waals surface area (Å²) in [7, 11) is 0. The summed E-state index contributed by atoms with van der Waals surface area (Å²) in [4.78, 5) is 49.3. The van der Waals surface area contributed by atoms with Crippen LogP contribution in [-0.4, -0.2) is 66.8 Å². The third-order valence-electron chi connectivity index (χ3n) is 7.73. The van der Waals surface area contributed by atoms with Crippen molar-refractivity contribution in [3.05, 3.63) is 11.1 Å². The van der Waals surface area contributed by atoms with E-state index in [-0.39, 0.29) is 11.8 Å². The minimum absolute atomic E-state index is 0.0213. The van der Waals surface area contributed by atoms with Crippen molar-refractivity contribution in [1.82, 2.24) is 15.2 Å². The van der Waals surface area contributed by atoms with Crippen LogP contribution in [0, 0.1) is 11.8 Å². The van der Waals surface area contributed by atoms with E-state index in [1.807, 2.05) is 0 Å². The zero-order valence-electron chi connectivity index (χ0n) is 19.8. The number of carboxylic acid groups (broad SMARTS) is 1. The van der Waals surface area contributed by atoms with Gasteiger partial charge in [0.2, 0.25) is 5.91 Å². The van der Waals surface area contributed by atoms with Crippen molar-refractivity contribution in [2.45, 2.75) is 87.1 Å². The molecule has 2 aliphatic heterocycles. The zero-order valence-corrected chi connectivity index (χ0v) is 21.4. The smallest absolute Gasteiger partial charge is 0.327 e. The first-order valence-electron chi connectivity index (χ1n) is 12.1. The van der Waals surface area contributed by atoms with Gasteiger partial charge in [0.15, 0.2) is 10.8 Å². The van der Waals surface area contributed by atoms with Crippen LogP contribution in [0.15, 0.2) is 10.5 Å². The van der Waals surface area contributed by atoms with Gasteiger partial charge in [-0.3, -0.25) is 9.59 Å². The molecule has 12 heteroatoms. The number of hydrogen-bond acceptors (Lipinski definition) is 9. The molecule has 3 heterocycles. The van der Waals surface area contributed by atoms with E-state index in [0.717, 1.165) is 25.2 Å². The lowest BCUT2D eigenvalue weighted by Gasteiger charge is -2.43. The number of nitrogen functional groups attached to an aromatic ring is 1. The number of carbonyl (C=O) groups is 3. The second-order valence-corrected chi connectivity index (χ2v) is 13.1. The maximum absolute atomic E-state index is 13.3. The summed E-state index contributed by atoms with van der Waals surface area (Å²) in [5.74, 6) is -0.638. The van der Waals surface area contributed by atoms with E-state index < -0.39 is 40.0 Å². The number of hydrogen-bond donors (Lipinski definition) is 3. The van der Waals surface area contributed by atoms with Crippen LogP contribution in [0.25, 0.3) is 0 Å². The maximum atomic E-state index is 13.3. The summed E-state index contributed by atoms with van der Waals surface area (Å²) in [6.07, 6.45) is 7.96. The highest BCUT2D eigenvalue weighted by Gasteiger charge is 2.64. The lowest BCUT2D eigenvalue weighted by molar-refractivity contribution is -0.160. The fourth-order valence-corrected chi connectivity index (χ4v) is 8.18. The van der Waals surface area contributed by atoms with Gasteiger partial charge in [0.05, 0.1) is 0 Å². The van der Waals surface area contributed by atoms with Crippen LogP contribution in [-0.2, 0) is 19.2 Å². The first-order valence-corrected chi connectivity index (χ1v) is 13.9. The van der Waals surface area contributed by atoms with Gasteiger partial charge in [0.25, 0.3) is 5.91 Å². The third kappa shape index (κ3) is 4.50. The van der Waals surface area contributed by atoms with E-state index >= 15 is 0 Å². The predicted octanol–water partition coefficient (Wildman–Crippen LogP) is 2.44. The molecule has 190 valence electrons. The van der Waals surface area contributed by atoms with Crippen molar-refractivity contribution in [3.8, 4) is 0 Å². The fraction of sp³-hybridized carbons (Fsp3) is 0.696. The molecule has 1 aromatic rings. The standard InChI is InChI=1S/C23H31N5O5S2/c1-23(2)17(21(31)32)28-19(30)16(20(28)35-23)26-18(29)15(14-10-34-22(24)25-14)27-33-13-8-7-11-5-3-4-6-12(11)9-13/h10-13,16-17,20H,3-9H2,1-2H3,(H2,24,25)(H,26,29)(H,31,32)/b27-15-/t11?,12?,13?,16-,17+,20-/m1/s1. The number of thioether (sulfide) groups is 1. The van der Waals surface area contributed by atoms with Gasteiger partial charge in [-0.05, 0) is 44.9 Å². The molecule has 2 saturated heterocycles. The number of rotatable bonds is 6. The predicted molar refractivity (Wildman–Crippen MR) is 133 cm³/mol. The lowest BCUT2D eigenvalue weighted by Crippen LogP contribution is -2.71. The van der Waals surface area contributed by atoms with Gasteiger partial charge in [-0.25, -0.2) is 9.78 Å². The first kappa shape index (κ1) is 24.4. The normalized spacial score (nSPS) is 33.9. The number of anilines is 1. The van der Waals surface area contributed by atoms with Gasteiger partial charge in [0, 0.05) is 10.1 Å². The van der Waals surface area contributed by atoms with Crippen molar-refractivity contribution in [3.63, 3.8) is 0 Å². The average molecular weight is 522 g/mol. The van der Waals surface area contributed by atoms with Crippen molar-refractivity contribution in [1.29, 1.82) is 0 Å². The molecule has 6 atom stereocenters. The number of amides is 2. The van der Waals surface area contributed by atoms with E-state index in [4.69, 9.17) is 10.6 Å². The van der Waals surface area contributed by atoms with Gasteiger partial charge < -0.3 is 25.9 Å². The van der Waals surface area contributed by atoms with Crippen LogP contribution < -0.4 is 11.1 Å². The molecule has 0 spiro atoms. The summed E-state index contributed by atoms with van der Waals surface area (Å²) in [5, 5.41) is 18.1. The van der Waals surface area contributed by atoms with E-state index in [1.165, 1.54) is 53.7 Å². The molecule has 4 N–H and O–H groups in total. The van der Waals surface area contributed by atoms with Crippen LogP contribution >= 0.6 is 23.1 Å². The molecule has 0 radical (unpaired) electrons. The molecular weight excluding hydrogens is 490 g/mol. The van der Waals surface area contributed by atoms with Gasteiger partial charge in [-0.2, -0.15) is 0 Å². The van der Waals surface area contributed by atoms with Crippen LogP contribution in [0.1, 0.15) is 64.5 Å². The summed E-state index contributed by atoms with van der Waals surface area (Å²) in [5.41, 5.74) is 6.07. The Morgan fingerprint density at radius 1 is 1.26 bits per heavy atom. The molecule has 0 aromatic carbocycles. The molecule has 35 heavy (non-hydrogen) atoms. The van der Waals surface area contributed by atoms with Gasteiger partial charge in [0.1, 0.15) is 29.3 Å². The number of aliphatic carboxylic acids is 1. The largest absolute Gasteiger partial charge is 0.480 e. The Kier molecular flexibility index (Phi) is 6.45. The van der Waals surface area contributed by atoms with E-state index in [2.05, 4.69) is 15.5 Å². The number of thiazole rings is 1. The third-order valence-corrected chi connectivity index (χ3v) is 9.97. The molecule has 2 saturated carbocycles. The number of carbonyl (C=O) groups excluding carboxylic acids is 2. The SMILES string of the molecule is CC1(C)S[C@@H]2[C@H](NC(=O)/C(=N\OC3CCC4CCCCC4C3)c3csc(N)n3)C(=O)N2[C@H]1C(=O)O. The fourth-order valence-electron chi connectivity index (χ4n) is 6.01. The van der Waals surface area contributed by atoms with Crippen LogP contribution in [0.2, 0.25) is 0 Å². The molecule has 2 amide bonds. The van der Waals surface area contributed by atoms with E-state index in [0.29, 0.717) is 16.7 Å². The minimum atomic E-state index is -1.05. The minimum Gasteiger partial charge on any atom is -0.480 e. The molecule has 2 aliphatic carbocycles. The average Bonchev–Trinajstić information content (AvgIpc) is 3.35. The van der Waals surface area contributed by atoms with Gasteiger partial charge in [-0.15, -0.1) is 23.1 Å². The quantitative estimate of drug-likeness (QED) is 0.294. The number of β-lactam (4-membered cyclic amide) rings is 1. The molecule has 0 bridgehead atoms. The molecule has 4 fully saturated rings. The summed E-state index contributed by atoms with van der Waals surface area (Å²) < 4.78 is -0.674. The topological polar surface area (TPSA) is 147 Å². The van der Waals surface area contributed by atoms with Crippen molar-refractivity contribution >= 4 is 51.7 Å². The Hall–Kier alpha value is -2.34. The van der Waals surface area contributed by atoms with Crippen molar-refractivity contribution in [2.24, 2.45) is 17.0 Å². The van der Waals surface area contributed by atoms with Crippen LogP contribution in [0.4, 0.5) is 5.13 Å². The number of fused-ring (bicyclic) bond motifs is 2. The van der Waals surface area contributed by atoms with E-state index in [9.17, 15) is 19.5 Å². The Labute approximate surface area is 212 Å². The van der Waals surface area contributed by atoms with Gasteiger partial charge in [-0.1, -0.05) is 30.8 Å². The highest BCUT2D eigenvalue weighted by Crippen LogP contribution is 2.50. The van der Waals surface area contributed by atoms with Crippen molar-refractivity contribution < 1.29 is 24.3 Å². The Morgan fingerprint density at radius 3 is 2.69 bits per heavy atom. The molecule has 1 aromatic heterocycles. The number of nitrogens with zero attached hydrogens (tertiary/aromatic N) is 3. The van der Waals surface area contributed by atoms with Crippen LogP contribution in [0.3, 0.4) is 0 Å². The summed E-state index contributed by atoms with van der Waals surface area (Å²) >= 11 is 2.56. The second-order valence-electron chi connectivity index (χ2n) is 10.4. The monoisotopic (exact) mass is 521 g/mol. The Morgan fingerprint density at radius 2 is 2.00 bits per heavy atom. The Bertz CT molecular complexity index is 1060. The molecule has 10 nitrogen and oxygen atoms in total. The van der Waals surface area contributed by atoms with Crippen molar-refractivity contribution in [2.75, 3.05) is 5.73 Å². The molecule has 4 aliphatic rings. The number of nitrogens with two attached hydrogens (primary N) is 1. The van der Waals surface area contributed by atoms with Crippen LogP contribution in [0.5, 0.6) is 0 Å². The lowest BCUT2D eigenvalue weighted by atomic mass is 9.70. The number of oxime groups is 1. The maximum Gasteiger partial charge on any atom is 0.327 e. The number of aromatic nitrogens is 1. The van der Waals surface area contributed by atoms with E-state index in [1.54, 1.807) is 19.2 Å². The zero-order chi connectivity index (χ0) is 24.9.